The fourth-order valence-corrected chi connectivity index (χ4v) is 4.78. The number of hydrogen-bond donors (Lipinski definition) is 3. The summed E-state index contributed by atoms with van der Waals surface area (Å²) in [5.74, 6) is -1.22. The molecule has 3 aromatic rings. The second kappa shape index (κ2) is 9.35. The number of fused-ring (bicyclic) bond motifs is 1. The molecule has 0 saturated carbocycles. The van der Waals surface area contributed by atoms with Gasteiger partial charge in [0.2, 0.25) is 5.88 Å². The number of carbonyl (C=O) groups is 1. The Kier molecular flexibility index (Phi) is 6.51. The van der Waals surface area contributed by atoms with E-state index in [9.17, 15) is 15.0 Å². The third-order valence-electron chi connectivity index (χ3n) is 4.96. The van der Waals surface area contributed by atoms with E-state index in [2.05, 4.69) is 20.3 Å². The third-order valence-corrected chi connectivity index (χ3v) is 6.49. The van der Waals surface area contributed by atoms with Gasteiger partial charge in [-0.3, -0.25) is 9.98 Å². The highest BCUT2D eigenvalue weighted by molar-refractivity contribution is 7.16. The number of allylic oxidation sites excluding steroid dienone is 1. The minimum Gasteiger partial charge on any atom is -0.492 e. The Bertz CT molecular complexity index is 1440. The zero-order valence-corrected chi connectivity index (χ0v) is 19.9. The zero-order valence-electron chi connectivity index (χ0n) is 17.6. The van der Waals surface area contributed by atoms with E-state index in [1.807, 2.05) is 13.0 Å². The number of halogens is 2. The van der Waals surface area contributed by atoms with Gasteiger partial charge in [-0.2, -0.15) is 4.98 Å². The van der Waals surface area contributed by atoms with Crippen LogP contribution in [0, 0.1) is 0 Å². The van der Waals surface area contributed by atoms with Crippen LogP contribution in [-0.2, 0) is 4.79 Å². The lowest BCUT2D eigenvalue weighted by atomic mass is 9.95. The van der Waals surface area contributed by atoms with Gasteiger partial charge >= 0.3 is 5.97 Å². The molecular formula is C23H18Cl2N4O3S. The quantitative estimate of drug-likeness (QED) is 0.476. The Hall–Kier alpha value is -3.20. The number of aliphatic imine (C=N–C) groups is 1. The molecule has 10 heteroatoms. The Morgan fingerprint density at radius 3 is 2.61 bits per heavy atom. The number of carboxylic acid groups (broad SMARTS) is 1. The molecule has 2 aromatic carbocycles. The van der Waals surface area contributed by atoms with Crippen LogP contribution in [0.4, 0.5) is 10.8 Å². The van der Waals surface area contributed by atoms with E-state index in [0.717, 1.165) is 5.22 Å². The summed E-state index contributed by atoms with van der Waals surface area (Å²) >= 11 is 13.6. The maximum absolute atomic E-state index is 11.9. The molecule has 0 spiro atoms. The first kappa shape index (κ1) is 23.0. The number of aromatic hydroxyl groups is 1. The molecule has 4 rings (SSSR count). The van der Waals surface area contributed by atoms with Crippen molar-refractivity contribution in [2.75, 3.05) is 12.4 Å². The maximum Gasteiger partial charge on any atom is 0.339 e. The summed E-state index contributed by atoms with van der Waals surface area (Å²) in [6.45, 7) is 1.86. The third kappa shape index (κ3) is 4.50. The van der Waals surface area contributed by atoms with Crippen molar-refractivity contribution in [3.8, 4) is 5.88 Å². The summed E-state index contributed by atoms with van der Waals surface area (Å²) in [4.78, 5) is 25.2. The fourth-order valence-electron chi connectivity index (χ4n) is 3.46. The highest BCUT2D eigenvalue weighted by Crippen LogP contribution is 2.36. The smallest absolute Gasteiger partial charge is 0.339 e. The summed E-state index contributed by atoms with van der Waals surface area (Å²) in [5, 5.41) is 25.8. The Morgan fingerprint density at radius 2 is 1.97 bits per heavy atom. The van der Waals surface area contributed by atoms with Crippen LogP contribution in [0.25, 0.3) is 6.08 Å². The number of aromatic nitrogens is 1. The highest BCUT2D eigenvalue weighted by Gasteiger charge is 2.25. The Balaban J connectivity index is 1.75. The van der Waals surface area contributed by atoms with Crippen molar-refractivity contribution in [2.24, 2.45) is 9.98 Å². The molecule has 1 aliphatic rings. The van der Waals surface area contributed by atoms with E-state index in [-0.39, 0.29) is 11.5 Å². The van der Waals surface area contributed by atoms with Gasteiger partial charge in [-0.1, -0.05) is 53.6 Å². The lowest BCUT2D eigenvalue weighted by molar-refractivity contribution is -0.132. The molecule has 1 aliphatic heterocycles. The largest absolute Gasteiger partial charge is 0.492 e. The van der Waals surface area contributed by atoms with Crippen LogP contribution in [0.5, 0.6) is 5.88 Å². The van der Waals surface area contributed by atoms with Crippen molar-refractivity contribution in [3.63, 3.8) is 0 Å². The van der Waals surface area contributed by atoms with Crippen molar-refractivity contribution in [1.82, 2.24) is 4.98 Å². The highest BCUT2D eigenvalue weighted by atomic mass is 35.5. The fraction of sp³-hybridized carbons (Fsp3) is 0.130. The first-order valence-electron chi connectivity index (χ1n) is 9.87. The SMILES string of the molecule is CCC1=C(C(=O)O)C(=NC)c2cc(=Cc3sc(Nc4c(Cl)cccc4Cl)nc3O)ccc2=N1. The van der Waals surface area contributed by atoms with E-state index in [4.69, 9.17) is 23.2 Å². The van der Waals surface area contributed by atoms with Crippen LogP contribution in [0.1, 0.15) is 23.8 Å². The predicted molar refractivity (Wildman–Crippen MR) is 132 cm³/mol. The van der Waals surface area contributed by atoms with Crippen molar-refractivity contribution in [3.05, 3.63) is 78.7 Å². The zero-order chi connectivity index (χ0) is 23.7. The first-order valence-corrected chi connectivity index (χ1v) is 11.4. The van der Waals surface area contributed by atoms with Crippen molar-refractivity contribution >= 4 is 63.1 Å². The minimum absolute atomic E-state index is 0.105. The molecule has 0 saturated heterocycles. The molecule has 1 aromatic heterocycles. The Morgan fingerprint density at radius 1 is 1.24 bits per heavy atom. The van der Waals surface area contributed by atoms with Crippen LogP contribution in [0.2, 0.25) is 10.0 Å². The molecule has 168 valence electrons. The summed E-state index contributed by atoms with van der Waals surface area (Å²) in [5.41, 5.74) is 2.09. The summed E-state index contributed by atoms with van der Waals surface area (Å²) in [7, 11) is 1.56. The summed E-state index contributed by atoms with van der Waals surface area (Å²) in [6.07, 6.45) is 2.23. The number of nitrogens with zero attached hydrogens (tertiary/aromatic N) is 3. The molecule has 0 bridgehead atoms. The normalized spacial score (nSPS) is 14.9. The lowest BCUT2D eigenvalue weighted by Gasteiger charge is -2.15. The molecule has 3 N–H and O–H groups in total. The van der Waals surface area contributed by atoms with Gasteiger partial charge in [0.05, 0.1) is 37.4 Å². The van der Waals surface area contributed by atoms with Crippen LogP contribution >= 0.6 is 34.5 Å². The second-order valence-corrected chi connectivity index (χ2v) is 8.86. The Labute approximate surface area is 203 Å². The number of nitrogens with one attached hydrogen (secondary N) is 1. The number of anilines is 2. The van der Waals surface area contributed by atoms with Crippen LogP contribution < -0.4 is 15.9 Å². The number of carboxylic acids is 1. The van der Waals surface area contributed by atoms with Gasteiger partial charge in [0.25, 0.3) is 0 Å². The van der Waals surface area contributed by atoms with E-state index >= 15 is 0 Å². The van der Waals surface area contributed by atoms with Gasteiger partial charge in [-0.25, -0.2) is 4.79 Å². The topological polar surface area (TPSA) is 107 Å². The van der Waals surface area contributed by atoms with Crippen LogP contribution in [0.3, 0.4) is 0 Å². The maximum atomic E-state index is 11.9. The average molecular weight is 501 g/mol. The molecule has 0 aliphatic carbocycles. The predicted octanol–water partition coefficient (Wildman–Crippen LogP) is 4.53. The average Bonchev–Trinajstić information content (AvgIpc) is 3.13. The van der Waals surface area contributed by atoms with Gasteiger partial charge in [0, 0.05) is 12.6 Å². The van der Waals surface area contributed by atoms with Gasteiger partial charge in [-0.15, -0.1) is 0 Å². The number of benzene rings is 2. The molecule has 0 radical (unpaired) electrons. The minimum atomic E-state index is -1.06. The van der Waals surface area contributed by atoms with Crippen molar-refractivity contribution in [1.29, 1.82) is 0 Å². The van der Waals surface area contributed by atoms with E-state index in [1.165, 1.54) is 11.3 Å². The standard InChI is InChI=1S/C23H18Cl2N4O3S/c1-3-15-18(22(31)32)19(26-2)12-9-11(7-8-16(12)27-15)10-17-21(30)29-23(33-17)28-20-13(24)5-4-6-14(20)25/h4-10,30H,3H2,1-2H3,(H,28,29)(H,31,32). The van der Waals surface area contributed by atoms with Gasteiger partial charge < -0.3 is 15.5 Å². The second-order valence-electron chi connectivity index (χ2n) is 7.01. The summed E-state index contributed by atoms with van der Waals surface area (Å²) in [6, 6.07) is 10.6. The molecule has 0 atom stereocenters. The lowest BCUT2D eigenvalue weighted by Crippen LogP contribution is -2.29. The van der Waals surface area contributed by atoms with Crippen LogP contribution in [-0.4, -0.2) is 33.9 Å². The number of thiazole rings is 1. The molecule has 0 unspecified atom stereocenters. The monoisotopic (exact) mass is 500 g/mol. The number of hydrogen-bond acceptors (Lipinski definition) is 7. The van der Waals surface area contributed by atoms with Crippen molar-refractivity contribution < 1.29 is 15.0 Å². The van der Waals surface area contributed by atoms with Crippen molar-refractivity contribution in [2.45, 2.75) is 13.3 Å². The number of rotatable bonds is 5. The molecular weight excluding hydrogens is 483 g/mol. The molecule has 33 heavy (non-hydrogen) atoms. The van der Waals surface area contributed by atoms with E-state index in [0.29, 0.717) is 54.5 Å². The van der Waals surface area contributed by atoms with Gasteiger partial charge in [0.15, 0.2) is 5.13 Å². The first-order chi connectivity index (χ1) is 15.8. The molecule has 0 amide bonds. The molecule has 7 nitrogen and oxygen atoms in total. The number of aliphatic carboxylic acids is 1. The van der Waals surface area contributed by atoms with Gasteiger partial charge in [0.1, 0.15) is 5.57 Å². The molecule has 0 fully saturated rings. The number of para-hydroxylation sites is 1. The summed E-state index contributed by atoms with van der Waals surface area (Å²) < 4.78 is 0. The van der Waals surface area contributed by atoms with E-state index in [1.54, 1.807) is 43.5 Å². The molecule has 2 heterocycles. The van der Waals surface area contributed by atoms with Gasteiger partial charge in [-0.05, 0) is 42.0 Å². The van der Waals surface area contributed by atoms with Crippen LogP contribution in [0.15, 0.2) is 57.7 Å². The van der Waals surface area contributed by atoms with E-state index < -0.39 is 5.97 Å².